The minimum Gasteiger partial charge on any atom is -0.481 e. The predicted molar refractivity (Wildman–Crippen MR) is 79.7 cm³/mol. The summed E-state index contributed by atoms with van der Waals surface area (Å²) < 4.78 is 5.64. The van der Waals surface area contributed by atoms with Gasteiger partial charge in [0, 0.05) is 11.6 Å². The normalized spacial score (nSPS) is 15.2. The molecule has 1 atom stereocenters. The fourth-order valence-electron chi connectivity index (χ4n) is 2.01. The van der Waals surface area contributed by atoms with E-state index >= 15 is 0 Å². The maximum absolute atomic E-state index is 12.4. The molecule has 1 saturated carbocycles. The van der Waals surface area contributed by atoms with Gasteiger partial charge < -0.3 is 9.64 Å². The van der Waals surface area contributed by atoms with Gasteiger partial charge in [-0.05, 0) is 43.9 Å². The summed E-state index contributed by atoms with van der Waals surface area (Å²) in [7, 11) is 0. The van der Waals surface area contributed by atoms with Crippen LogP contribution in [-0.4, -0.2) is 30.0 Å². The van der Waals surface area contributed by atoms with E-state index < -0.39 is 6.10 Å². The predicted octanol–water partition coefficient (Wildman–Crippen LogP) is 2.98. The van der Waals surface area contributed by atoms with Crippen molar-refractivity contribution in [1.29, 1.82) is 0 Å². The number of rotatable bonds is 6. The van der Waals surface area contributed by atoms with E-state index in [-0.39, 0.29) is 5.91 Å². The van der Waals surface area contributed by atoms with Gasteiger partial charge in [0.15, 0.2) is 6.10 Å². The van der Waals surface area contributed by atoms with Crippen molar-refractivity contribution >= 4 is 17.5 Å². The summed E-state index contributed by atoms with van der Waals surface area (Å²) in [5, 5.41) is 0.584. The molecule has 0 spiro atoms. The molecule has 1 aliphatic rings. The third-order valence-corrected chi connectivity index (χ3v) is 3.46. The van der Waals surface area contributed by atoms with Gasteiger partial charge in [0.1, 0.15) is 5.75 Å². The van der Waals surface area contributed by atoms with E-state index in [1.54, 1.807) is 36.1 Å². The number of terminal acetylenes is 1. The number of benzene rings is 1. The second-order valence-corrected chi connectivity index (χ2v) is 5.52. The number of amides is 1. The Bertz CT molecular complexity index is 519. The number of nitrogens with zero attached hydrogens (tertiary/aromatic N) is 1. The van der Waals surface area contributed by atoms with Crippen LogP contribution in [0.4, 0.5) is 0 Å². The Hall–Kier alpha value is -1.66. The van der Waals surface area contributed by atoms with Crippen molar-refractivity contribution in [2.75, 3.05) is 13.1 Å². The molecule has 2 rings (SSSR count). The molecule has 0 N–H and O–H groups in total. The Kier molecular flexibility index (Phi) is 4.92. The highest BCUT2D eigenvalue weighted by Gasteiger charge is 2.29. The summed E-state index contributed by atoms with van der Waals surface area (Å²) >= 11 is 5.90. The molecule has 0 aliphatic heterocycles. The van der Waals surface area contributed by atoms with Gasteiger partial charge in [-0.2, -0.15) is 0 Å². The van der Waals surface area contributed by atoms with Crippen LogP contribution in [0.3, 0.4) is 0 Å². The third kappa shape index (κ3) is 4.18. The summed E-state index contributed by atoms with van der Waals surface area (Å²) in [4.78, 5) is 14.1. The Morgan fingerprint density at radius 2 is 2.35 bits per heavy atom. The molecule has 1 amide bonds. The molecule has 1 fully saturated rings. The highest BCUT2D eigenvalue weighted by Crippen LogP contribution is 2.30. The van der Waals surface area contributed by atoms with Crippen LogP contribution in [0.2, 0.25) is 5.02 Å². The molecule has 20 heavy (non-hydrogen) atoms. The van der Waals surface area contributed by atoms with Crippen LogP contribution in [0.15, 0.2) is 24.3 Å². The molecule has 1 aliphatic carbocycles. The third-order valence-electron chi connectivity index (χ3n) is 3.23. The summed E-state index contributed by atoms with van der Waals surface area (Å²) in [6.07, 6.45) is 7.12. The van der Waals surface area contributed by atoms with Crippen molar-refractivity contribution < 1.29 is 9.53 Å². The summed E-state index contributed by atoms with van der Waals surface area (Å²) in [5.74, 6) is 3.65. The SMILES string of the molecule is C#CCN(CC1CC1)C(=O)C(C)Oc1cccc(Cl)c1. The number of carbonyl (C=O) groups is 1. The van der Waals surface area contributed by atoms with Crippen LogP contribution in [0.1, 0.15) is 19.8 Å². The molecule has 0 saturated heterocycles. The number of ether oxygens (including phenoxy) is 1. The lowest BCUT2D eigenvalue weighted by atomic mass is 10.2. The first-order chi connectivity index (χ1) is 9.60. The van der Waals surface area contributed by atoms with Crippen molar-refractivity contribution in [1.82, 2.24) is 4.90 Å². The van der Waals surface area contributed by atoms with Gasteiger partial charge in [-0.25, -0.2) is 0 Å². The lowest BCUT2D eigenvalue weighted by Crippen LogP contribution is -2.41. The summed E-state index contributed by atoms with van der Waals surface area (Å²) in [6.45, 7) is 2.80. The first kappa shape index (κ1) is 14.7. The van der Waals surface area contributed by atoms with Gasteiger partial charge in [-0.3, -0.25) is 4.79 Å². The Labute approximate surface area is 124 Å². The highest BCUT2D eigenvalue weighted by atomic mass is 35.5. The molecule has 4 heteroatoms. The zero-order valence-electron chi connectivity index (χ0n) is 11.5. The Balaban J connectivity index is 1.96. The molecule has 1 aromatic rings. The molecule has 0 heterocycles. The molecule has 0 aromatic heterocycles. The van der Waals surface area contributed by atoms with E-state index in [0.29, 0.717) is 23.2 Å². The fraction of sp³-hybridized carbons (Fsp3) is 0.438. The van der Waals surface area contributed by atoms with E-state index in [1.807, 2.05) is 0 Å². The number of halogens is 1. The fourth-order valence-corrected chi connectivity index (χ4v) is 2.19. The number of hydrogen-bond donors (Lipinski definition) is 0. The van der Waals surface area contributed by atoms with Crippen LogP contribution >= 0.6 is 11.6 Å². The van der Waals surface area contributed by atoms with E-state index in [4.69, 9.17) is 22.8 Å². The first-order valence-corrected chi connectivity index (χ1v) is 7.12. The van der Waals surface area contributed by atoms with Crippen LogP contribution in [0.25, 0.3) is 0 Å². The van der Waals surface area contributed by atoms with Crippen molar-refractivity contribution in [3.8, 4) is 18.1 Å². The van der Waals surface area contributed by atoms with Crippen molar-refractivity contribution in [3.05, 3.63) is 29.3 Å². The topological polar surface area (TPSA) is 29.5 Å². The standard InChI is InChI=1S/C16H18ClNO2/c1-3-9-18(11-13-7-8-13)16(19)12(2)20-15-6-4-5-14(17)10-15/h1,4-6,10,12-13H,7-9,11H2,2H3. The molecular formula is C16H18ClNO2. The van der Waals surface area contributed by atoms with Gasteiger partial charge in [-0.15, -0.1) is 6.42 Å². The summed E-state index contributed by atoms with van der Waals surface area (Å²) in [5.41, 5.74) is 0. The van der Waals surface area contributed by atoms with Crippen molar-refractivity contribution in [2.45, 2.75) is 25.9 Å². The Morgan fingerprint density at radius 3 is 2.95 bits per heavy atom. The largest absolute Gasteiger partial charge is 0.481 e. The van der Waals surface area contributed by atoms with Gasteiger partial charge in [0.05, 0.1) is 6.54 Å². The smallest absolute Gasteiger partial charge is 0.264 e. The second-order valence-electron chi connectivity index (χ2n) is 5.08. The minimum absolute atomic E-state index is 0.0742. The molecular weight excluding hydrogens is 274 g/mol. The first-order valence-electron chi connectivity index (χ1n) is 6.74. The van der Waals surface area contributed by atoms with Gasteiger partial charge >= 0.3 is 0 Å². The van der Waals surface area contributed by atoms with Crippen molar-refractivity contribution in [3.63, 3.8) is 0 Å². The van der Waals surface area contributed by atoms with E-state index in [0.717, 1.165) is 6.54 Å². The molecule has 1 aromatic carbocycles. The van der Waals surface area contributed by atoms with Crippen LogP contribution in [0, 0.1) is 18.3 Å². The number of carbonyl (C=O) groups excluding carboxylic acids is 1. The van der Waals surface area contributed by atoms with E-state index in [9.17, 15) is 4.79 Å². The summed E-state index contributed by atoms with van der Waals surface area (Å²) in [6, 6.07) is 7.02. The maximum atomic E-state index is 12.4. The second kappa shape index (κ2) is 6.67. The van der Waals surface area contributed by atoms with Gasteiger partial charge in [0.2, 0.25) is 0 Å². The van der Waals surface area contributed by atoms with Crippen LogP contribution < -0.4 is 4.74 Å². The van der Waals surface area contributed by atoms with E-state index in [2.05, 4.69) is 5.92 Å². The van der Waals surface area contributed by atoms with Gasteiger partial charge in [-0.1, -0.05) is 23.6 Å². The molecule has 1 unspecified atom stereocenters. The van der Waals surface area contributed by atoms with E-state index in [1.165, 1.54) is 12.8 Å². The average molecular weight is 292 g/mol. The van der Waals surface area contributed by atoms with Crippen LogP contribution in [0.5, 0.6) is 5.75 Å². The molecule has 3 nitrogen and oxygen atoms in total. The molecule has 106 valence electrons. The van der Waals surface area contributed by atoms with Crippen molar-refractivity contribution in [2.24, 2.45) is 5.92 Å². The quantitative estimate of drug-likeness (QED) is 0.754. The van der Waals surface area contributed by atoms with Gasteiger partial charge in [0.25, 0.3) is 5.91 Å². The lowest BCUT2D eigenvalue weighted by molar-refractivity contribution is -0.137. The molecule has 0 radical (unpaired) electrons. The zero-order valence-corrected chi connectivity index (χ0v) is 12.3. The lowest BCUT2D eigenvalue weighted by Gasteiger charge is -2.24. The minimum atomic E-state index is -0.569. The maximum Gasteiger partial charge on any atom is 0.264 e. The highest BCUT2D eigenvalue weighted by molar-refractivity contribution is 6.30. The van der Waals surface area contributed by atoms with Crippen LogP contribution in [-0.2, 0) is 4.79 Å². The number of hydrogen-bond acceptors (Lipinski definition) is 2. The Morgan fingerprint density at radius 1 is 1.60 bits per heavy atom. The monoisotopic (exact) mass is 291 g/mol. The average Bonchev–Trinajstić information content (AvgIpc) is 3.21. The zero-order chi connectivity index (χ0) is 14.5. The molecule has 0 bridgehead atoms.